The number of hydrogen-bond acceptors (Lipinski definition) is 2. The molecule has 0 aliphatic heterocycles. The monoisotopic (exact) mass is 214 g/mol. The van der Waals surface area contributed by atoms with Gasteiger partial charge in [0.2, 0.25) is 0 Å². The SMILES string of the molecule is CCN(CC(N)=S)C1CCCC(C)C1. The molecule has 0 radical (unpaired) electrons. The molecule has 1 saturated carbocycles. The van der Waals surface area contributed by atoms with E-state index in [1.165, 1.54) is 25.7 Å². The van der Waals surface area contributed by atoms with Crippen LogP contribution in [0, 0.1) is 5.92 Å². The molecule has 82 valence electrons. The fraction of sp³-hybridized carbons (Fsp3) is 0.909. The van der Waals surface area contributed by atoms with E-state index >= 15 is 0 Å². The largest absolute Gasteiger partial charge is 0.392 e. The molecule has 0 aromatic heterocycles. The highest BCUT2D eigenvalue weighted by Gasteiger charge is 2.23. The third-order valence-electron chi connectivity index (χ3n) is 3.19. The first-order valence-corrected chi connectivity index (χ1v) is 6.06. The Morgan fingerprint density at radius 2 is 2.21 bits per heavy atom. The molecule has 0 aromatic carbocycles. The zero-order valence-electron chi connectivity index (χ0n) is 9.33. The van der Waals surface area contributed by atoms with Crippen LogP contribution in [0.4, 0.5) is 0 Å². The van der Waals surface area contributed by atoms with Crippen molar-refractivity contribution in [1.82, 2.24) is 4.90 Å². The molecule has 1 aliphatic rings. The molecule has 0 spiro atoms. The van der Waals surface area contributed by atoms with E-state index < -0.39 is 0 Å². The van der Waals surface area contributed by atoms with Crippen molar-refractivity contribution in [2.75, 3.05) is 13.1 Å². The summed E-state index contributed by atoms with van der Waals surface area (Å²) in [5.74, 6) is 0.870. The molecule has 2 atom stereocenters. The van der Waals surface area contributed by atoms with E-state index in [4.69, 9.17) is 18.0 Å². The van der Waals surface area contributed by atoms with Crippen LogP contribution in [0.15, 0.2) is 0 Å². The van der Waals surface area contributed by atoms with Crippen LogP contribution in [-0.4, -0.2) is 29.0 Å². The van der Waals surface area contributed by atoms with Gasteiger partial charge < -0.3 is 5.73 Å². The minimum atomic E-state index is 0.630. The third kappa shape index (κ3) is 3.54. The van der Waals surface area contributed by atoms with E-state index in [1.54, 1.807) is 0 Å². The molecule has 1 fully saturated rings. The van der Waals surface area contributed by atoms with Gasteiger partial charge in [-0.3, -0.25) is 4.90 Å². The van der Waals surface area contributed by atoms with Gasteiger partial charge in [-0.25, -0.2) is 0 Å². The van der Waals surface area contributed by atoms with Crippen LogP contribution >= 0.6 is 12.2 Å². The number of hydrogen-bond donors (Lipinski definition) is 1. The molecular formula is C11H22N2S. The Balaban J connectivity index is 2.46. The van der Waals surface area contributed by atoms with Gasteiger partial charge >= 0.3 is 0 Å². The predicted molar refractivity (Wildman–Crippen MR) is 65.5 cm³/mol. The maximum Gasteiger partial charge on any atom is 0.0870 e. The Kier molecular flexibility index (Phi) is 4.82. The maximum atomic E-state index is 5.60. The second kappa shape index (κ2) is 5.66. The Hall–Kier alpha value is -0.150. The lowest BCUT2D eigenvalue weighted by molar-refractivity contribution is 0.159. The molecule has 0 aromatic rings. The van der Waals surface area contributed by atoms with Crippen LogP contribution in [-0.2, 0) is 0 Å². The average Bonchev–Trinajstić information content (AvgIpc) is 2.14. The Morgan fingerprint density at radius 3 is 2.71 bits per heavy atom. The second-order valence-corrected chi connectivity index (χ2v) is 4.98. The Morgan fingerprint density at radius 1 is 1.50 bits per heavy atom. The molecule has 0 saturated heterocycles. The van der Waals surface area contributed by atoms with Gasteiger partial charge in [-0.05, 0) is 25.3 Å². The second-order valence-electron chi connectivity index (χ2n) is 4.46. The molecule has 2 unspecified atom stereocenters. The zero-order valence-corrected chi connectivity index (χ0v) is 10.1. The van der Waals surface area contributed by atoms with E-state index in [9.17, 15) is 0 Å². The molecule has 2 N–H and O–H groups in total. The predicted octanol–water partition coefficient (Wildman–Crippen LogP) is 2.17. The Labute approximate surface area is 92.8 Å². The van der Waals surface area contributed by atoms with Crippen molar-refractivity contribution in [3.63, 3.8) is 0 Å². The van der Waals surface area contributed by atoms with Gasteiger partial charge in [0.1, 0.15) is 0 Å². The highest BCUT2D eigenvalue weighted by atomic mass is 32.1. The first kappa shape index (κ1) is 11.9. The molecule has 14 heavy (non-hydrogen) atoms. The summed E-state index contributed by atoms with van der Waals surface area (Å²) in [6.45, 7) is 6.40. The lowest BCUT2D eigenvalue weighted by Gasteiger charge is -2.35. The van der Waals surface area contributed by atoms with Crippen molar-refractivity contribution in [3.05, 3.63) is 0 Å². The van der Waals surface area contributed by atoms with Crippen LogP contribution < -0.4 is 5.73 Å². The fourth-order valence-corrected chi connectivity index (χ4v) is 2.60. The highest BCUT2D eigenvalue weighted by Crippen LogP contribution is 2.26. The first-order chi connectivity index (χ1) is 6.63. The van der Waals surface area contributed by atoms with Crippen molar-refractivity contribution >= 4 is 17.2 Å². The molecule has 0 heterocycles. The molecular weight excluding hydrogens is 192 g/mol. The number of nitrogens with zero attached hydrogens (tertiary/aromatic N) is 1. The van der Waals surface area contributed by atoms with Crippen molar-refractivity contribution in [2.45, 2.75) is 45.6 Å². The zero-order chi connectivity index (χ0) is 10.6. The summed E-state index contributed by atoms with van der Waals surface area (Å²) >= 11 is 4.97. The molecule has 2 nitrogen and oxygen atoms in total. The minimum Gasteiger partial charge on any atom is -0.392 e. The van der Waals surface area contributed by atoms with Crippen LogP contribution in [0.25, 0.3) is 0 Å². The number of rotatable bonds is 4. The van der Waals surface area contributed by atoms with E-state index in [-0.39, 0.29) is 0 Å². The van der Waals surface area contributed by atoms with Crippen LogP contribution in [0.3, 0.4) is 0 Å². The normalized spacial score (nSPS) is 27.9. The average molecular weight is 214 g/mol. The van der Waals surface area contributed by atoms with Gasteiger partial charge in [0.25, 0.3) is 0 Å². The summed E-state index contributed by atoms with van der Waals surface area (Å²) in [5.41, 5.74) is 5.60. The topological polar surface area (TPSA) is 29.3 Å². The lowest BCUT2D eigenvalue weighted by Crippen LogP contribution is -2.42. The maximum absolute atomic E-state index is 5.60. The van der Waals surface area contributed by atoms with E-state index in [0.717, 1.165) is 19.0 Å². The summed E-state index contributed by atoms with van der Waals surface area (Å²) in [5, 5.41) is 0. The summed E-state index contributed by atoms with van der Waals surface area (Å²) < 4.78 is 0. The molecule has 0 bridgehead atoms. The number of likely N-dealkylation sites (N-methyl/N-ethyl adjacent to an activating group) is 1. The van der Waals surface area contributed by atoms with Gasteiger partial charge in [0.15, 0.2) is 0 Å². The summed E-state index contributed by atoms with van der Waals surface area (Å²) in [6, 6.07) is 0.713. The quantitative estimate of drug-likeness (QED) is 0.727. The van der Waals surface area contributed by atoms with Gasteiger partial charge in [-0.1, -0.05) is 38.9 Å². The lowest BCUT2D eigenvalue weighted by atomic mass is 9.86. The van der Waals surface area contributed by atoms with Crippen molar-refractivity contribution < 1.29 is 0 Å². The van der Waals surface area contributed by atoms with Crippen LogP contribution in [0.2, 0.25) is 0 Å². The highest BCUT2D eigenvalue weighted by molar-refractivity contribution is 7.80. The van der Waals surface area contributed by atoms with Gasteiger partial charge in [0, 0.05) is 12.6 Å². The first-order valence-electron chi connectivity index (χ1n) is 5.65. The third-order valence-corrected chi connectivity index (χ3v) is 3.32. The van der Waals surface area contributed by atoms with Crippen molar-refractivity contribution in [1.29, 1.82) is 0 Å². The summed E-state index contributed by atoms with van der Waals surface area (Å²) in [6.07, 6.45) is 5.39. The Bertz CT molecular complexity index is 194. The molecule has 1 aliphatic carbocycles. The fourth-order valence-electron chi connectivity index (χ4n) is 2.43. The molecule has 3 heteroatoms. The van der Waals surface area contributed by atoms with Crippen LogP contribution in [0.5, 0.6) is 0 Å². The van der Waals surface area contributed by atoms with Crippen LogP contribution in [0.1, 0.15) is 39.5 Å². The minimum absolute atomic E-state index is 0.630. The summed E-state index contributed by atoms with van der Waals surface area (Å²) in [4.78, 5) is 3.06. The summed E-state index contributed by atoms with van der Waals surface area (Å²) in [7, 11) is 0. The number of thiocarbonyl (C=S) groups is 1. The van der Waals surface area contributed by atoms with E-state index in [1.807, 2.05) is 0 Å². The standard InChI is InChI=1S/C11H22N2S/c1-3-13(8-11(12)14)10-6-4-5-9(2)7-10/h9-10H,3-8H2,1-2H3,(H2,12,14). The van der Waals surface area contributed by atoms with Crippen molar-refractivity contribution in [2.24, 2.45) is 11.7 Å². The molecule has 1 rings (SSSR count). The van der Waals surface area contributed by atoms with Gasteiger partial charge in [-0.15, -0.1) is 0 Å². The van der Waals surface area contributed by atoms with E-state index in [2.05, 4.69) is 18.7 Å². The van der Waals surface area contributed by atoms with Gasteiger partial charge in [-0.2, -0.15) is 0 Å². The number of nitrogens with two attached hydrogens (primary N) is 1. The smallest absolute Gasteiger partial charge is 0.0870 e. The molecule has 0 amide bonds. The van der Waals surface area contributed by atoms with Gasteiger partial charge in [0.05, 0.1) is 4.99 Å². The van der Waals surface area contributed by atoms with Crippen molar-refractivity contribution in [3.8, 4) is 0 Å². The van der Waals surface area contributed by atoms with E-state index in [0.29, 0.717) is 11.0 Å².